The lowest BCUT2D eigenvalue weighted by atomic mass is 9.86. The van der Waals surface area contributed by atoms with Crippen LogP contribution < -0.4 is 4.74 Å². The van der Waals surface area contributed by atoms with E-state index in [-0.39, 0.29) is 57.1 Å². The number of benzene rings is 2. The fourth-order valence-corrected chi connectivity index (χ4v) is 6.40. The predicted molar refractivity (Wildman–Crippen MR) is 170 cm³/mol. The van der Waals surface area contributed by atoms with Crippen molar-refractivity contribution < 1.29 is 44.7 Å². The molecule has 246 valence electrons. The first kappa shape index (κ1) is 32.5. The molecule has 4 nitrogen and oxygen atoms in total. The molecule has 0 amide bonds. The van der Waals surface area contributed by atoms with Gasteiger partial charge in [-0.25, -0.2) is 0 Å². The van der Waals surface area contributed by atoms with Gasteiger partial charge in [-0.05, 0) is 48.8 Å². The zero-order chi connectivity index (χ0) is 33.9. The maximum absolute atomic E-state index is 16.5. The SMILES string of the molecule is C=CC=C(C)c1oc2c(c1C1=C(c3c(-c4ccc(CCC)cc4)oc4ccc(OC)cc34)C(F)(F)C(F)(F)C1(F)F)CC(OC)C=C2. The van der Waals surface area contributed by atoms with Crippen molar-refractivity contribution in [3.05, 3.63) is 101 Å². The molecule has 4 aromatic rings. The molecule has 1 unspecified atom stereocenters. The minimum absolute atomic E-state index is 0.0224. The molecule has 0 N–H and O–H groups in total. The highest BCUT2D eigenvalue weighted by Crippen LogP contribution is 2.67. The molecule has 0 radical (unpaired) electrons. The summed E-state index contributed by atoms with van der Waals surface area (Å²) in [5.74, 6) is -16.8. The van der Waals surface area contributed by atoms with Crippen molar-refractivity contribution in [3.63, 3.8) is 0 Å². The van der Waals surface area contributed by atoms with Gasteiger partial charge in [-0.15, -0.1) is 0 Å². The van der Waals surface area contributed by atoms with Crippen molar-refractivity contribution in [2.24, 2.45) is 0 Å². The molecule has 6 rings (SSSR count). The zero-order valence-electron chi connectivity index (χ0n) is 26.2. The van der Waals surface area contributed by atoms with Crippen LogP contribution in [0.1, 0.15) is 54.0 Å². The lowest BCUT2D eigenvalue weighted by molar-refractivity contribution is -0.254. The summed E-state index contributed by atoms with van der Waals surface area (Å²) >= 11 is 0. The Morgan fingerprint density at radius 2 is 1.64 bits per heavy atom. The minimum atomic E-state index is -5.82. The quantitative estimate of drug-likeness (QED) is 0.133. The predicted octanol–water partition coefficient (Wildman–Crippen LogP) is 10.7. The van der Waals surface area contributed by atoms with Crippen LogP contribution in [0, 0.1) is 0 Å². The Kier molecular flexibility index (Phi) is 8.07. The lowest BCUT2D eigenvalue weighted by Crippen LogP contribution is -2.49. The monoisotopic (exact) mass is 654 g/mol. The van der Waals surface area contributed by atoms with Crippen molar-refractivity contribution >= 4 is 33.8 Å². The molecule has 0 saturated heterocycles. The Hall–Kier alpha value is -4.44. The van der Waals surface area contributed by atoms with E-state index in [0.717, 1.165) is 18.4 Å². The van der Waals surface area contributed by atoms with Crippen molar-refractivity contribution in [2.45, 2.75) is 57.0 Å². The molecule has 0 aliphatic heterocycles. The highest BCUT2D eigenvalue weighted by atomic mass is 19.3. The number of allylic oxidation sites excluding steroid dienone is 5. The van der Waals surface area contributed by atoms with Gasteiger partial charge in [-0.3, -0.25) is 0 Å². The Morgan fingerprint density at radius 1 is 0.957 bits per heavy atom. The van der Waals surface area contributed by atoms with Crippen LogP contribution in [-0.2, 0) is 17.6 Å². The molecule has 0 fully saturated rings. The first-order valence-electron chi connectivity index (χ1n) is 15.1. The first-order valence-corrected chi connectivity index (χ1v) is 15.1. The third-order valence-electron chi connectivity index (χ3n) is 8.75. The van der Waals surface area contributed by atoms with Crippen LogP contribution in [-0.4, -0.2) is 38.1 Å². The third-order valence-corrected chi connectivity index (χ3v) is 8.75. The van der Waals surface area contributed by atoms with E-state index in [0.29, 0.717) is 0 Å². The van der Waals surface area contributed by atoms with Crippen LogP contribution in [0.25, 0.3) is 45.1 Å². The summed E-state index contributed by atoms with van der Waals surface area (Å²) in [7, 11) is 2.73. The largest absolute Gasteiger partial charge is 0.497 e. The molecular formula is C37H32F6O4. The number of halogens is 6. The van der Waals surface area contributed by atoms with Gasteiger partial charge in [0.1, 0.15) is 28.6 Å². The number of methoxy groups -OCH3 is 2. The average Bonchev–Trinajstić information content (AvgIpc) is 3.64. The Bertz CT molecular complexity index is 1960. The van der Waals surface area contributed by atoms with Crippen LogP contribution in [0.15, 0.2) is 76.1 Å². The van der Waals surface area contributed by atoms with Gasteiger partial charge < -0.3 is 18.3 Å². The highest BCUT2D eigenvalue weighted by molar-refractivity contribution is 6.11. The maximum atomic E-state index is 16.5. The maximum Gasteiger partial charge on any atom is 0.380 e. The Balaban J connectivity index is 1.79. The van der Waals surface area contributed by atoms with Crippen LogP contribution in [0.5, 0.6) is 5.75 Å². The standard InChI is InChI=1S/C37H32F6O4/c1-6-8-20(3)33-29(25-18-23(44-4)14-16-27(25)46-33)31-32(36(40,41)37(42,43)35(31,38)39)30-26-19-24(45-5)15-17-28(26)47-34(30)22-12-10-21(9-7-2)11-13-22/h6,8,10-17,19,23H,1,7,9,18H2,2-5H3. The second-order valence-corrected chi connectivity index (χ2v) is 11.7. The fourth-order valence-electron chi connectivity index (χ4n) is 6.40. The van der Waals surface area contributed by atoms with Gasteiger partial charge in [0.15, 0.2) is 0 Å². The number of furan rings is 2. The summed E-state index contributed by atoms with van der Waals surface area (Å²) < 4.78 is 120. The molecule has 0 saturated carbocycles. The van der Waals surface area contributed by atoms with Crippen LogP contribution in [0.3, 0.4) is 0 Å². The number of aryl methyl sites for hydroxylation is 1. The van der Waals surface area contributed by atoms with Gasteiger partial charge in [-0.2, -0.15) is 26.3 Å². The van der Waals surface area contributed by atoms with E-state index in [2.05, 4.69) is 6.58 Å². The third kappa shape index (κ3) is 4.87. The summed E-state index contributed by atoms with van der Waals surface area (Å²) in [5, 5.41) is -0.0930. The smallest absolute Gasteiger partial charge is 0.380 e. The van der Waals surface area contributed by atoms with E-state index in [1.807, 2.05) is 6.92 Å². The van der Waals surface area contributed by atoms with Gasteiger partial charge in [-0.1, -0.05) is 62.4 Å². The van der Waals surface area contributed by atoms with E-state index in [9.17, 15) is 0 Å². The highest BCUT2D eigenvalue weighted by Gasteiger charge is 2.81. The van der Waals surface area contributed by atoms with Crippen LogP contribution >= 0.6 is 0 Å². The van der Waals surface area contributed by atoms with E-state index in [1.165, 1.54) is 57.6 Å². The molecule has 0 spiro atoms. The van der Waals surface area contributed by atoms with Crippen LogP contribution in [0.4, 0.5) is 26.3 Å². The van der Waals surface area contributed by atoms with Crippen molar-refractivity contribution in [1.82, 2.24) is 0 Å². The summed E-state index contributed by atoms with van der Waals surface area (Å²) in [6, 6.07) is 11.0. The Labute approximate surface area is 267 Å². The minimum Gasteiger partial charge on any atom is -0.497 e. The molecule has 2 aliphatic rings. The number of rotatable bonds is 9. The van der Waals surface area contributed by atoms with E-state index >= 15 is 26.3 Å². The Morgan fingerprint density at radius 3 is 2.26 bits per heavy atom. The first-order chi connectivity index (χ1) is 22.3. The summed E-state index contributed by atoms with van der Waals surface area (Å²) in [6.45, 7) is 7.12. The average molecular weight is 655 g/mol. The molecule has 2 aromatic heterocycles. The molecule has 10 heteroatoms. The fraction of sp³-hybridized carbons (Fsp3) is 0.297. The van der Waals surface area contributed by atoms with Gasteiger partial charge in [0.2, 0.25) is 0 Å². The molecule has 47 heavy (non-hydrogen) atoms. The second-order valence-electron chi connectivity index (χ2n) is 11.7. The van der Waals surface area contributed by atoms with Gasteiger partial charge >= 0.3 is 17.8 Å². The van der Waals surface area contributed by atoms with Crippen molar-refractivity contribution in [3.8, 4) is 17.1 Å². The normalized spacial score (nSPS) is 19.8. The summed E-state index contributed by atoms with van der Waals surface area (Å²) in [4.78, 5) is 0. The van der Waals surface area contributed by atoms with Gasteiger partial charge in [0.05, 0.1) is 13.2 Å². The summed E-state index contributed by atoms with van der Waals surface area (Å²) in [6.07, 6.45) is 6.72. The number of ether oxygens (including phenoxy) is 2. The zero-order valence-corrected chi connectivity index (χ0v) is 26.2. The number of hydrogen-bond acceptors (Lipinski definition) is 4. The van der Waals surface area contributed by atoms with Crippen LogP contribution in [0.2, 0.25) is 0 Å². The molecule has 2 aliphatic carbocycles. The van der Waals surface area contributed by atoms with Gasteiger partial charge in [0.25, 0.3) is 0 Å². The van der Waals surface area contributed by atoms with Crippen molar-refractivity contribution in [1.29, 1.82) is 0 Å². The van der Waals surface area contributed by atoms with E-state index < -0.39 is 46.1 Å². The molecule has 2 aromatic carbocycles. The molecular weight excluding hydrogens is 622 g/mol. The molecule has 2 heterocycles. The topological polar surface area (TPSA) is 44.7 Å². The number of hydrogen-bond donors (Lipinski definition) is 0. The van der Waals surface area contributed by atoms with Gasteiger partial charge in [0, 0.05) is 52.3 Å². The second kappa shape index (κ2) is 11.7. The van der Waals surface area contributed by atoms with E-state index in [4.69, 9.17) is 18.3 Å². The molecule has 0 bridgehead atoms. The molecule has 1 atom stereocenters. The number of alkyl halides is 6. The lowest BCUT2D eigenvalue weighted by Gasteiger charge is -2.26. The number of fused-ring (bicyclic) bond motifs is 2. The van der Waals surface area contributed by atoms with Crippen molar-refractivity contribution in [2.75, 3.05) is 14.2 Å². The summed E-state index contributed by atoms with van der Waals surface area (Å²) in [5.41, 5.74) is -2.73. The van der Waals surface area contributed by atoms with E-state index in [1.54, 1.807) is 30.3 Å².